The Balaban J connectivity index is 2.03. The van der Waals surface area contributed by atoms with Crippen LogP contribution in [0.15, 0.2) is 44.4 Å². The molecule has 0 radical (unpaired) electrons. The van der Waals surface area contributed by atoms with Crippen LogP contribution >= 0.6 is 27.7 Å². The van der Waals surface area contributed by atoms with Gasteiger partial charge in [-0.05, 0) is 65.2 Å². The van der Waals surface area contributed by atoms with Crippen molar-refractivity contribution in [1.82, 2.24) is 0 Å². The lowest BCUT2D eigenvalue weighted by Gasteiger charge is -2.27. The zero-order valence-corrected chi connectivity index (χ0v) is 18.4. The molecule has 4 rings (SSSR count). The average molecular weight is 415 g/mol. The maximum atomic E-state index is 3.95. The highest BCUT2D eigenvalue weighted by atomic mass is 79.9. The van der Waals surface area contributed by atoms with E-state index in [1.807, 2.05) is 11.8 Å². The van der Waals surface area contributed by atoms with Gasteiger partial charge in [0.15, 0.2) is 0 Å². The Morgan fingerprint density at radius 3 is 2.67 bits per heavy atom. The van der Waals surface area contributed by atoms with Crippen LogP contribution < -0.4 is 10.4 Å². The standard InChI is InChI=1S/C21H23BrSSi/c1-12-10-16-17(21(12)24(4,5)15-8-6-7-9-15)11-18-19(20(16)22)13(2)14(3)23-18/h6-8,10-11,14H,9H2,1-5H3. The van der Waals surface area contributed by atoms with Gasteiger partial charge in [-0.25, -0.2) is 0 Å². The third-order valence-corrected chi connectivity index (χ3v) is 11.8. The molecule has 0 amide bonds. The van der Waals surface area contributed by atoms with Gasteiger partial charge < -0.3 is 0 Å². The summed E-state index contributed by atoms with van der Waals surface area (Å²) in [4.78, 5) is 1.45. The van der Waals surface area contributed by atoms with Crippen molar-refractivity contribution in [3.05, 3.63) is 55.5 Å². The van der Waals surface area contributed by atoms with Crippen molar-refractivity contribution in [3.8, 4) is 0 Å². The minimum atomic E-state index is -1.63. The fourth-order valence-electron chi connectivity index (χ4n) is 4.33. The second-order valence-electron chi connectivity index (χ2n) is 7.62. The molecule has 124 valence electrons. The Kier molecular flexibility index (Phi) is 3.90. The van der Waals surface area contributed by atoms with E-state index in [4.69, 9.17) is 0 Å². The lowest BCUT2D eigenvalue weighted by Crippen LogP contribution is -2.35. The summed E-state index contributed by atoms with van der Waals surface area (Å²) in [6.45, 7) is 11.9. The van der Waals surface area contributed by atoms with E-state index in [0.717, 1.165) is 6.42 Å². The summed E-state index contributed by atoms with van der Waals surface area (Å²) in [6, 6.07) is 2.48. The molecule has 1 aromatic rings. The number of halogens is 1. The van der Waals surface area contributed by atoms with E-state index < -0.39 is 8.07 Å². The summed E-state index contributed by atoms with van der Waals surface area (Å²) in [5.41, 5.74) is 4.38. The van der Waals surface area contributed by atoms with Crippen LogP contribution in [0.5, 0.6) is 0 Å². The normalized spacial score (nSPS) is 22.0. The Bertz CT molecular complexity index is 976. The van der Waals surface area contributed by atoms with E-state index >= 15 is 0 Å². The van der Waals surface area contributed by atoms with Crippen molar-refractivity contribution in [2.75, 3.05) is 0 Å². The molecule has 1 unspecified atom stereocenters. The topological polar surface area (TPSA) is 0 Å². The first-order chi connectivity index (χ1) is 11.3. The molecular weight excluding hydrogens is 392 g/mol. The highest BCUT2D eigenvalue weighted by Gasteiger charge is 2.35. The molecule has 0 saturated carbocycles. The van der Waals surface area contributed by atoms with Crippen LogP contribution in [0.1, 0.15) is 32.8 Å². The first-order valence-electron chi connectivity index (χ1n) is 8.62. The third kappa shape index (κ3) is 2.24. The monoisotopic (exact) mass is 414 g/mol. The SMILES string of the molecule is CC1=Cc2c(Br)c3c(cc2=C1[Si](C)(C)C1=CC=CC1)SC(C)C=3C. The van der Waals surface area contributed by atoms with Crippen LogP contribution in [0.4, 0.5) is 0 Å². The molecule has 0 spiro atoms. The first-order valence-corrected chi connectivity index (χ1v) is 13.3. The Morgan fingerprint density at radius 1 is 1.25 bits per heavy atom. The van der Waals surface area contributed by atoms with Gasteiger partial charge in [0.25, 0.3) is 0 Å². The van der Waals surface area contributed by atoms with Gasteiger partial charge in [0.2, 0.25) is 0 Å². The molecular formula is C21H23BrSSi. The molecule has 2 aliphatic carbocycles. The quantitative estimate of drug-likeness (QED) is 0.587. The average Bonchev–Trinajstić information content (AvgIpc) is 3.19. The van der Waals surface area contributed by atoms with E-state index in [2.05, 4.69) is 80.2 Å². The summed E-state index contributed by atoms with van der Waals surface area (Å²) in [5.74, 6) is 0. The fourth-order valence-corrected chi connectivity index (χ4v) is 9.96. The largest absolute Gasteiger partial charge is 0.118 e. The van der Waals surface area contributed by atoms with Gasteiger partial charge in [-0.15, -0.1) is 11.8 Å². The zero-order chi connectivity index (χ0) is 17.2. The van der Waals surface area contributed by atoms with Gasteiger partial charge in [-0.3, -0.25) is 0 Å². The molecule has 0 saturated heterocycles. The van der Waals surface area contributed by atoms with Crippen molar-refractivity contribution in [2.45, 2.75) is 50.4 Å². The number of fused-ring (bicyclic) bond motifs is 2. The Labute approximate surface area is 158 Å². The molecule has 3 aliphatic rings. The third-order valence-electron chi connectivity index (χ3n) is 5.80. The number of thioether (sulfide) groups is 1. The number of rotatable bonds is 2. The second kappa shape index (κ2) is 5.62. The molecule has 1 atom stereocenters. The molecule has 1 heterocycles. The van der Waals surface area contributed by atoms with Crippen molar-refractivity contribution >= 4 is 52.6 Å². The van der Waals surface area contributed by atoms with Crippen molar-refractivity contribution in [3.63, 3.8) is 0 Å². The van der Waals surface area contributed by atoms with Crippen LogP contribution in [0.25, 0.3) is 16.8 Å². The minimum absolute atomic E-state index is 0.583. The van der Waals surface area contributed by atoms with Gasteiger partial charge in [0.1, 0.15) is 8.07 Å². The second-order valence-corrected chi connectivity index (χ2v) is 14.2. The van der Waals surface area contributed by atoms with E-state index in [-0.39, 0.29) is 0 Å². The summed E-state index contributed by atoms with van der Waals surface area (Å²) in [6.07, 6.45) is 10.4. The number of benzene rings is 1. The minimum Gasteiger partial charge on any atom is -0.118 e. The Morgan fingerprint density at radius 2 is 2.00 bits per heavy atom. The first kappa shape index (κ1) is 16.7. The molecule has 24 heavy (non-hydrogen) atoms. The van der Waals surface area contributed by atoms with Gasteiger partial charge in [0, 0.05) is 19.8 Å². The molecule has 0 nitrogen and oxygen atoms in total. The number of hydrogen-bond donors (Lipinski definition) is 0. The molecule has 1 aromatic carbocycles. The highest BCUT2D eigenvalue weighted by molar-refractivity contribution is 9.10. The van der Waals surface area contributed by atoms with Crippen LogP contribution in [0.3, 0.4) is 0 Å². The lowest BCUT2D eigenvalue weighted by molar-refractivity contribution is 1.24. The van der Waals surface area contributed by atoms with Crippen molar-refractivity contribution in [2.24, 2.45) is 0 Å². The summed E-state index contributed by atoms with van der Waals surface area (Å²) in [7, 11) is -1.63. The smallest absolute Gasteiger partial charge is 0.109 e. The van der Waals surface area contributed by atoms with Crippen LogP contribution in [-0.2, 0) is 0 Å². The molecule has 0 fully saturated rings. The zero-order valence-electron chi connectivity index (χ0n) is 15.0. The van der Waals surface area contributed by atoms with E-state index in [9.17, 15) is 0 Å². The van der Waals surface area contributed by atoms with Gasteiger partial charge >= 0.3 is 0 Å². The Hall–Kier alpha value is -0.773. The van der Waals surface area contributed by atoms with Crippen LogP contribution in [-0.4, -0.2) is 13.3 Å². The summed E-state index contributed by atoms with van der Waals surface area (Å²) < 4.78 is 1.31. The van der Waals surface area contributed by atoms with E-state index in [1.54, 1.807) is 10.4 Å². The van der Waals surface area contributed by atoms with E-state index in [1.165, 1.54) is 36.5 Å². The highest BCUT2D eigenvalue weighted by Crippen LogP contribution is 2.39. The molecule has 0 bridgehead atoms. The maximum absolute atomic E-state index is 3.95. The predicted molar refractivity (Wildman–Crippen MR) is 114 cm³/mol. The molecule has 1 aliphatic heterocycles. The molecule has 0 N–H and O–H groups in total. The molecule has 3 heteroatoms. The number of hydrogen-bond acceptors (Lipinski definition) is 1. The molecule has 0 aromatic heterocycles. The van der Waals surface area contributed by atoms with Gasteiger partial charge in [0.05, 0.1) is 0 Å². The van der Waals surface area contributed by atoms with Gasteiger partial charge in [-0.1, -0.05) is 53.7 Å². The van der Waals surface area contributed by atoms with Gasteiger partial charge in [-0.2, -0.15) is 0 Å². The summed E-state index contributed by atoms with van der Waals surface area (Å²) in [5, 5.41) is 6.79. The summed E-state index contributed by atoms with van der Waals surface area (Å²) >= 11 is 5.96. The number of allylic oxidation sites excluding steroid dienone is 5. The fraction of sp³-hybridized carbons (Fsp3) is 0.333. The van der Waals surface area contributed by atoms with Crippen molar-refractivity contribution < 1.29 is 0 Å². The van der Waals surface area contributed by atoms with Crippen LogP contribution in [0, 0.1) is 0 Å². The lowest BCUT2D eigenvalue weighted by atomic mass is 10.1. The van der Waals surface area contributed by atoms with E-state index in [0.29, 0.717) is 5.25 Å². The predicted octanol–water partition coefficient (Wildman–Crippen LogP) is 5.35. The van der Waals surface area contributed by atoms with Crippen LogP contribution in [0.2, 0.25) is 13.1 Å². The van der Waals surface area contributed by atoms with Crippen molar-refractivity contribution in [1.29, 1.82) is 0 Å². The maximum Gasteiger partial charge on any atom is 0.109 e.